The summed E-state index contributed by atoms with van der Waals surface area (Å²) in [5, 5.41) is 3.98. The van der Waals surface area contributed by atoms with E-state index in [0.717, 1.165) is 18.5 Å². The van der Waals surface area contributed by atoms with Gasteiger partial charge in [-0.1, -0.05) is 18.5 Å². The first kappa shape index (κ1) is 17.8. The van der Waals surface area contributed by atoms with Crippen molar-refractivity contribution in [2.45, 2.75) is 39.8 Å². The van der Waals surface area contributed by atoms with Gasteiger partial charge in [0, 0.05) is 30.2 Å². The van der Waals surface area contributed by atoms with E-state index in [9.17, 15) is 4.79 Å². The van der Waals surface area contributed by atoms with Crippen molar-refractivity contribution in [3.8, 4) is 5.75 Å². The minimum absolute atomic E-state index is 0.0348. The fourth-order valence-electron chi connectivity index (χ4n) is 1.76. The van der Waals surface area contributed by atoms with Crippen molar-refractivity contribution >= 4 is 17.5 Å². The smallest absolute Gasteiger partial charge is 0.260 e. The van der Waals surface area contributed by atoms with Crippen molar-refractivity contribution in [3.63, 3.8) is 0 Å². The monoisotopic (exact) mass is 312 g/mol. The number of benzene rings is 1. The maximum Gasteiger partial charge on any atom is 0.260 e. The molecule has 0 spiro atoms. The van der Waals surface area contributed by atoms with Crippen LogP contribution >= 0.6 is 11.6 Å². The molecule has 0 saturated heterocycles. The number of carbonyl (C=O) groups excluding carboxylic acids is 1. The molecule has 0 aliphatic carbocycles. The second-order valence-corrected chi connectivity index (χ2v) is 5.75. The van der Waals surface area contributed by atoms with Gasteiger partial charge in [0.1, 0.15) is 5.75 Å². The second-order valence-electron chi connectivity index (χ2n) is 5.32. The predicted octanol–water partition coefficient (Wildman–Crippen LogP) is 3.09. The molecule has 0 bridgehead atoms. The van der Waals surface area contributed by atoms with Gasteiger partial charge in [-0.15, -0.1) is 0 Å². The molecule has 21 heavy (non-hydrogen) atoms. The van der Waals surface area contributed by atoms with E-state index >= 15 is 0 Å². The van der Waals surface area contributed by atoms with E-state index in [1.54, 1.807) is 18.0 Å². The molecule has 0 aliphatic heterocycles. The Morgan fingerprint density at radius 3 is 2.76 bits per heavy atom. The highest BCUT2D eigenvalue weighted by Gasteiger charge is 2.13. The van der Waals surface area contributed by atoms with E-state index in [0.29, 0.717) is 17.3 Å². The first-order valence-corrected chi connectivity index (χ1v) is 7.71. The Hall–Kier alpha value is -1.26. The quantitative estimate of drug-likeness (QED) is 0.750. The maximum atomic E-state index is 12.0. The Morgan fingerprint density at radius 1 is 1.43 bits per heavy atom. The molecule has 1 aromatic carbocycles. The number of rotatable bonds is 8. The van der Waals surface area contributed by atoms with Crippen LogP contribution in [0.25, 0.3) is 0 Å². The number of nitrogens with one attached hydrogen (secondary N) is 1. The average molecular weight is 313 g/mol. The number of amides is 1. The van der Waals surface area contributed by atoms with Crippen LogP contribution in [-0.4, -0.2) is 37.0 Å². The van der Waals surface area contributed by atoms with Crippen LogP contribution in [0.5, 0.6) is 5.75 Å². The zero-order chi connectivity index (χ0) is 15.8. The Labute approximate surface area is 132 Å². The number of hydrogen-bond donors (Lipinski definition) is 1. The highest BCUT2D eigenvalue weighted by Crippen LogP contribution is 2.23. The average Bonchev–Trinajstić information content (AvgIpc) is 2.45. The lowest BCUT2D eigenvalue weighted by molar-refractivity contribution is -0.133. The molecule has 1 rings (SSSR count). The van der Waals surface area contributed by atoms with E-state index in [-0.39, 0.29) is 18.6 Å². The molecule has 118 valence electrons. The van der Waals surface area contributed by atoms with Crippen LogP contribution in [0, 0.1) is 0 Å². The SMILES string of the molecule is CCCNCc1cc(Cl)ccc1OCC(=O)N(C)C(C)C. The lowest BCUT2D eigenvalue weighted by Crippen LogP contribution is -2.36. The van der Waals surface area contributed by atoms with Crippen molar-refractivity contribution in [1.82, 2.24) is 10.2 Å². The minimum Gasteiger partial charge on any atom is -0.483 e. The van der Waals surface area contributed by atoms with Crippen LogP contribution in [0.4, 0.5) is 0 Å². The summed E-state index contributed by atoms with van der Waals surface area (Å²) >= 11 is 6.03. The van der Waals surface area contributed by atoms with E-state index in [4.69, 9.17) is 16.3 Å². The lowest BCUT2D eigenvalue weighted by atomic mass is 10.2. The van der Waals surface area contributed by atoms with Crippen LogP contribution in [-0.2, 0) is 11.3 Å². The Morgan fingerprint density at radius 2 is 2.14 bits per heavy atom. The number of hydrogen-bond acceptors (Lipinski definition) is 3. The van der Waals surface area contributed by atoms with Crippen molar-refractivity contribution in [2.24, 2.45) is 0 Å². The summed E-state index contributed by atoms with van der Waals surface area (Å²) in [6.07, 6.45) is 1.06. The zero-order valence-corrected chi connectivity index (χ0v) is 14.0. The molecular formula is C16H25ClN2O2. The highest BCUT2D eigenvalue weighted by molar-refractivity contribution is 6.30. The molecule has 0 saturated carbocycles. The van der Waals surface area contributed by atoms with Crippen LogP contribution in [0.1, 0.15) is 32.8 Å². The molecule has 1 N–H and O–H groups in total. The second kappa shape index (κ2) is 8.90. The molecule has 0 radical (unpaired) electrons. The molecule has 0 atom stereocenters. The molecule has 5 heteroatoms. The Balaban J connectivity index is 2.67. The summed E-state index contributed by atoms with van der Waals surface area (Å²) in [6.45, 7) is 7.71. The van der Waals surface area contributed by atoms with Crippen molar-refractivity contribution < 1.29 is 9.53 Å². The third-order valence-electron chi connectivity index (χ3n) is 3.28. The van der Waals surface area contributed by atoms with Gasteiger partial charge in [0.25, 0.3) is 5.91 Å². The van der Waals surface area contributed by atoms with Gasteiger partial charge in [-0.05, 0) is 45.0 Å². The summed E-state index contributed by atoms with van der Waals surface area (Å²) < 4.78 is 5.67. The standard InChI is InChI=1S/C16H25ClN2O2/c1-5-8-18-10-13-9-14(17)6-7-15(13)21-11-16(20)19(4)12(2)3/h6-7,9,12,18H,5,8,10-11H2,1-4H3. The first-order chi connectivity index (χ1) is 9.95. The minimum atomic E-state index is -0.0348. The number of halogens is 1. The Bertz CT molecular complexity index is 464. The van der Waals surface area contributed by atoms with Gasteiger partial charge in [0.15, 0.2) is 6.61 Å². The van der Waals surface area contributed by atoms with Gasteiger partial charge in [0.05, 0.1) is 0 Å². The zero-order valence-electron chi connectivity index (χ0n) is 13.3. The molecule has 0 fully saturated rings. The van der Waals surface area contributed by atoms with E-state index in [2.05, 4.69) is 12.2 Å². The molecule has 0 aliphatic rings. The summed E-state index contributed by atoms with van der Waals surface area (Å²) in [6, 6.07) is 5.62. The first-order valence-electron chi connectivity index (χ1n) is 7.33. The molecule has 4 nitrogen and oxygen atoms in total. The summed E-state index contributed by atoms with van der Waals surface area (Å²) in [5.41, 5.74) is 0.968. The number of ether oxygens (including phenoxy) is 1. The maximum absolute atomic E-state index is 12.0. The molecule has 1 aromatic rings. The van der Waals surface area contributed by atoms with E-state index in [1.165, 1.54) is 0 Å². The van der Waals surface area contributed by atoms with Gasteiger partial charge >= 0.3 is 0 Å². The normalized spacial score (nSPS) is 10.8. The van der Waals surface area contributed by atoms with Crippen LogP contribution in [0.2, 0.25) is 5.02 Å². The topological polar surface area (TPSA) is 41.6 Å². The van der Waals surface area contributed by atoms with Crippen LogP contribution in [0.3, 0.4) is 0 Å². The van der Waals surface area contributed by atoms with Crippen LogP contribution < -0.4 is 10.1 Å². The fraction of sp³-hybridized carbons (Fsp3) is 0.562. The number of likely N-dealkylation sites (N-methyl/N-ethyl adjacent to an activating group) is 1. The van der Waals surface area contributed by atoms with Gasteiger partial charge in [0.2, 0.25) is 0 Å². The largest absolute Gasteiger partial charge is 0.483 e. The van der Waals surface area contributed by atoms with Gasteiger partial charge in [-0.25, -0.2) is 0 Å². The van der Waals surface area contributed by atoms with Crippen LogP contribution in [0.15, 0.2) is 18.2 Å². The molecular weight excluding hydrogens is 288 g/mol. The number of carbonyl (C=O) groups is 1. The van der Waals surface area contributed by atoms with Gasteiger partial charge in [-0.2, -0.15) is 0 Å². The summed E-state index contributed by atoms with van der Waals surface area (Å²) in [7, 11) is 1.78. The molecule has 0 aromatic heterocycles. The summed E-state index contributed by atoms with van der Waals surface area (Å²) in [5.74, 6) is 0.668. The molecule has 1 amide bonds. The van der Waals surface area contributed by atoms with E-state index in [1.807, 2.05) is 26.0 Å². The van der Waals surface area contributed by atoms with Crippen molar-refractivity contribution in [1.29, 1.82) is 0 Å². The summed E-state index contributed by atoms with van der Waals surface area (Å²) in [4.78, 5) is 13.6. The Kier molecular flexibility index (Phi) is 7.54. The van der Waals surface area contributed by atoms with Gasteiger partial charge < -0.3 is 15.0 Å². The van der Waals surface area contributed by atoms with Crippen molar-refractivity contribution in [2.75, 3.05) is 20.2 Å². The highest BCUT2D eigenvalue weighted by atomic mass is 35.5. The fourth-order valence-corrected chi connectivity index (χ4v) is 1.95. The third kappa shape index (κ3) is 5.94. The third-order valence-corrected chi connectivity index (χ3v) is 3.52. The van der Waals surface area contributed by atoms with Gasteiger partial charge in [-0.3, -0.25) is 4.79 Å². The van der Waals surface area contributed by atoms with E-state index < -0.39 is 0 Å². The number of nitrogens with zero attached hydrogens (tertiary/aromatic N) is 1. The predicted molar refractivity (Wildman–Crippen MR) is 86.9 cm³/mol. The molecule has 0 heterocycles. The lowest BCUT2D eigenvalue weighted by Gasteiger charge is -2.22. The molecule has 0 unspecified atom stereocenters. The van der Waals surface area contributed by atoms with Crippen molar-refractivity contribution in [3.05, 3.63) is 28.8 Å².